The number of halogens is 1. The summed E-state index contributed by atoms with van der Waals surface area (Å²) in [6.07, 6.45) is 12.0. The van der Waals surface area contributed by atoms with Crippen molar-refractivity contribution in [3.05, 3.63) is 44.6 Å². The number of aliphatic hydroxyl groups is 2. The zero-order valence-corrected chi connectivity index (χ0v) is 19.7. The van der Waals surface area contributed by atoms with Crippen LogP contribution in [0.5, 0.6) is 0 Å². The number of carboxylic acid groups (broad SMARTS) is 1. The molecule has 2 rings (SSSR count). The van der Waals surface area contributed by atoms with Crippen molar-refractivity contribution in [3.63, 3.8) is 0 Å². The molecule has 0 aromatic carbocycles. The second-order valence-corrected chi connectivity index (χ2v) is 10.3. The lowest BCUT2D eigenvalue weighted by Crippen LogP contribution is -2.18. The fourth-order valence-corrected chi connectivity index (χ4v) is 5.68. The second kappa shape index (κ2) is 12.0. The van der Waals surface area contributed by atoms with Gasteiger partial charge in [-0.2, -0.15) is 0 Å². The molecule has 0 saturated heterocycles. The summed E-state index contributed by atoms with van der Waals surface area (Å²) >= 11 is 5.30. The fraction of sp³-hybridized carbons (Fsp3) is 0.609. The smallest absolute Gasteiger partial charge is 0.303 e. The lowest BCUT2D eigenvalue weighted by Gasteiger charge is -2.20. The molecule has 2 unspecified atom stereocenters. The lowest BCUT2D eigenvalue weighted by atomic mass is 9.86. The third-order valence-electron chi connectivity index (χ3n) is 5.75. The molecule has 0 spiro atoms. The summed E-state index contributed by atoms with van der Waals surface area (Å²) < 4.78 is 1.13. The van der Waals surface area contributed by atoms with E-state index in [-0.39, 0.29) is 24.4 Å². The first-order valence-corrected chi connectivity index (χ1v) is 12.0. The standard InChI is InChI=1S/C23H33BrO4S/c1-15-13-22(26)20(7-5-3-4-6-8-23(27)28)19(15)12-10-17(25)9-11-18-14-21(24)16(2)29-18/h3,5,10,12,14-15,17,19-20,22,25-26H,4,6-9,11,13H2,1-2H3,(H,27,28)/t15?,17-,19-,20+,22?/m0/s1. The lowest BCUT2D eigenvalue weighted by molar-refractivity contribution is -0.137. The zero-order valence-electron chi connectivity index (χ0n) is 17.3. The number of allylic oxidation sites excluding steroid dienone is 3. The van der Waals surface area contributed by atoms with Crippen molar-refractivity contribution < 1.29 is 20.1 Å². The van der Waals surface area contributed by atoms with Gasteiger partial charge in [-0.05, 0) is 85.2 Å². The highest BCUT2D eigenvalue weighted by molar-refractivity contribution is 9.10. The first-order chi connectivity index (χ1) is 13.8. The van der Waals surface area contributed by atoms with Crippen LogP contribution >= 0.6 is 27.3 Å². The van der Waals surface area contributed by atoms with Gasteiger partial charge in [-0.1, -0.05) is 31.2 Å². The average molecular weight is 485 g/mol. The summed E-state index contributed by atoms with van der Waals surface area (Å²) in [5.74, 6) is 0.0281. The fourth-order valence-electron chi connectivity index (χ4n) is 4.06. The number of aryl methyl sites for hydroxylation is 2. The highest BCUT2D eigenvalue weighted by Crippen LogP contribution is 2.40. The summed E-state index contributed by atoms with van der Waals surface area (Å²) in [4.78, 5) is 13.1. The molecule has 1 aliphatic carbocycles. The van der Waals surface area contributed by atoms with Crippen LogP contribution < -0.4 is 0 Å². The first-order valence-electron chi connectivity index (χ1n) is 10.4. The Hall–Kier alpha value is -0.950. The Morgan fingerprint density at radius 3 is 2.83 bits per heavy atom. The van der Waals surface area contributed by atoms with Crippen LogP contribution in [0.1, 0.15) is 55.2 Å². The molecule has 0 bridgehead atoms. The van der Waals surface area contributed by atoms with Gasteiger partial charge in [0.25, 0.3) is 0 Å². The van der Waals surface area contributed by atoms with E-state index >= 15 is 0 Å². The van der Waals surface area contributed by atoms with E-state index < -0.39 is 12.1 Å². The van der Waals surface area contributed by atoms with Gasteiger partial charge in [0.15, 0.2) is 0 Å². The number of unbranched alkanes of at least 4 members (excludes halogenated alkanes) is 1. The largest absolute Gasteiger partial charge is 0.481 e. The van der Waals surface area contributed by atoms with Gasteiger partial charge in [0, 0.05) is 20.6 Å². The molecule has 1 aliphatic rings. The Bertz CT molecular complexity index is 692. The molecular formula is C23H33BrO4S. The Balaban J connectivity index is 1.83. The maximum absolute atomic E-state index is 10.5. The predicted molar refractivity (Wildman–Crippen MR) is 122 cm³/mol. The number of carbonyl (C=O) groups is 1. The van der Waals surface area contributed by atoms with Crippen molar-refractivity contribution in [2.75, 3.05) is 0 Å². The van der Waals surface area contributed by atoms with Crippen molar-refractivity contribution in [2.45, 2.75) is 71.0 Å². The molecular weight excluding hydrogens is 452 g/mol. The predicted octanol–water partition coefficient (Wildman–Crippen LogP) is 5.50. The SMILES string of the molecule is Cc1sc(CC[C@H](O)C=C[C@H]2C(C)CC(O)[C@@H]2CC=CCCCC(=O)O)cc1Br. The molecule has 1 aromatic rings. The quantitative estimate of drug-likeness (QED) is 0.286. The number of rotatable bonds is 11. The van der Waals surface area contributed by atoms with E-state index in [2.05, 4.69) is 48.0 Å². The van der Waals surface area contributed by atoms with Crippen LogP contribution in [0.3, 0.4) is 0 Å². The Labute approximate surface area is 186 Å². The summed E-state index contributed by atoms with van der Waals surface area (Å²) in [6, 6.07) is 2.13. The monoisotopic (exact) mass is 484 g/mol. The molecule has 6 heteroatoms. The molecule has 0 aliphatic heterocycles. The summed E-state index contributed by atoms with van der Waals surface area (Å²) in [5.41, 5.74) is 0. The van der Waals surface area contributed by atoms with Gasteiger partial charge >= 0.3 is 5.97 Å². The molecule has 1 heterocycles. The van der Waals surface area contributed by atoms with Crippen LogP contribution in [-0.2, 0) is 11.2 Å². The van der Waals surface area contributed by atoms with Crippen molar-refractivity contribution in [3.8, 4) is 0 Å². The van der Waals surface area contributed by atoms with Gasteiger partial charge < -0.3 is 15.3 Å². The second-order valence-electron chi connectivity index (χ2n) is 8.12. The molecule has 3 N–H and O–H groups in total. The van der Waals surface area contributed by atoms with E-state index in [4.69, 9.17) is 5.11 Å². The van der Waals surface area contributed by atoms with Crippen LogP contribution in [-0.4, -0.2) is 33.5 Å². The number of aliphatic carboxylic acids is 1. The number of carboxylic acids is 1. The molecule has 162 valence electrons. The third-order valence-corrected chi connectivity index (χ3v) is 7.94. The molecule has 5 atom stereocenters. The number of hydrogen-bond acceptors (Lipinski definition) is 4. The normalized spacial score (nSPS) is 26.0. The van der Waals surface area contributed by atoms with Gasteiger partial charge in [0.2, 0.25) is 0 Å². The minimum Gasteiger partial charge on any atom is -0.481 e. The third kappa shape index (κ3) is 8.00. The highest BCUT2D eigenvalue weighted by Gasteiger charge is 2.37. The van der Waals surface area contributed by atoms with Crippen molar-refractivity contribution in [1.82, 2.24) is 0 Å². The van der Waals surface area contributed by atoms with Crippen molar-refractivity contribution in [2.24, 2.45) is 17.8 Å². The maximum atomic E-state index is 10.5. The first kappa shape index (κ1) is 24.3. The van der Waals surface area contributed by atoms with Crippen LogP contribution in [0, 0.1) is 24.7 Å². The van der Waals surface area contributed by atoms with Gasteiger partial charge in [-0.25, -0.2) is 0 Å². The molecule has 1 saturated carbocycles. The van der Waals surface area contributed by atoms with Gasteiger partial charge in [-0.3, -0.25) is 4.79 Å². The van der Waals surface area contributed by atoms with Gasteiger partial charge in [-0.15, -0.1) is 11.3 Å². The number of aliphatic hydroxyl groups excluding tert-OH is 2. The summed E-state index contributed by atoms with van der Waals surface area (Å²) in [7, 11) is 0. The van der Waals surface area contributed by atoms with Crippen LogP contribution in [0.25, 0.3) is 0 Å². The van der Waals surface area contributed by atoms with Crippen LogP contribution in [0.4, 0.5) is 0 Å². The summed E-state index contributed by atoms with van der Waals surface area (Å²) in [5, 5.41) is 29.5. The molecule has 1 aromatic heterocycles. The molecule has 29 heavy (non-hydrogen) atoms. The molecule has 1 fully saturated rings. The maximum Gasteiger partial charge on any atom is 0.303 e. The van der Waals surface area contributed by atoms with Crippen LogP contribution in [0.15, 0.2) is 34.8 Å². The molecule has 4 nitrogen and oxygen atoms in total. The van der Waals surface area contributed by atoms with E-state index in [1.54, 1.807) is 11.3 Å². The van der Waals surface area contributed by atoms with Crippen LogP contribution in [0.2, 0.25) is 0 Å². The Kier molecular flexibility index (Phi) is 10.1. The highest BCUT2D eigenvalue weighted by atomic mass is 79.9. The minimum atomic E-state index is -0.760. The van der Waals surface area contributed by atoms with E-state index in [1.165, 1.54) is 9.75 Å². The minimum absolute atomic E-state index is 0.153. The Morgan fingerprint density at radius 1 is 1.41 bits per heavy atom. The average Bonchev–Trinajstić information content (AvgIpc) is 3.11. The topological polar surface area (TPSA) is 77.8 Å². The Morgan fingerprint density at radius 2 is 2.17 bits per heavy atom. The van der Waals surface area contributed by atoms with E-state index in [1.807, 2.05) is 12.2 Å². The van der Waals surface area contributed by atoms with E-state index in [0.717, 1.165) is 30.2 Å². The summed E-state index contributed by atoms with van der Waals surface area (Å²) in [6.45, 7) is 4.25. The molecule has 0 amide bonds. The van der Waals surface area contributed by atoms with Crippen molar-refractivity contribution >= 4 is 33.2 Å². The molecule has 0 radical (unpaired) electrons. The number of thiophene rings is 1. The van der Waals surface area contributed by atoms with Crippen molar-refractivity contribution in [1.29, 1.82) is 0 Å². The van der Waals surface area contributed by atoms with Gasteiger partial charge in [0.1, 0.15) is 0 Å². The number of hydrogen-bond donors (Lipinski definition) is 3. The van der Waals surface area contributed by atoms with E-state index in [0.29, 0.717) is 18.8 Å². The zero-order chi connectivity index (χ0) is 21.4. The van der Waals surface area contributed by atoms with E-state index in [9.17, 15) is 15.0 Å². The van der Waals surface area contributed by atoms with Gasteiger partial charge in [0.05, 0.1) is 12.2 Å².